The molecule has 0 radical (unpaired) electrons. The van der Waals surface area contributed by atoms with Crippen LogP contribution in [-0.2, 0) is 4.79 Å². The average molecular weight is 262 g/mol. The Morgan fingerprint density at radius 2 is 2.16 bits per heavy atom. The fourth-order valence-corrected chi connectivity index (χ4v) is 2.59. The second kappa shape index (κ2) is 4.70. The van der Waals surface area contributed by atoms with Crippen LogP contribution in [0.3, 0.4) is 0 Å². The number of amides is 2. The maximum atomic E-state index is 12.6. The Kier molecular flexibility index (Phi) is 3.02. The highest BCUT2D eigenvalue weighted by molar-refractivity contribution is 5.96. The molecule has 1 aliphatic carbocycles. The highest BCUT2D eigenvalue weighted by Gasteiger charge is 2.34. The Labute approximate surface area is 111 Å². The summed E-state index contributed by atoms with van der Waals surface area (Å²) in [7, 11) is 0. The van der Waals surface area contributed by atoms with Gasteiger partial charge in [-0.05, 0) is 25.0 Å². The van der Waals surface area contributed by atoms with E-state index in [0.29, 0.717) is 31.4 Å². The molecule has 1 atom stereocenters. The van der Waals surface area contributed by atoms with Gasteiger partial charge in [0, 0.05) is 31.9 Å². The quantitative estimate of drug-likeness (QED) is 0.786. The molecule has 2 aliphatic rings. The van der Waals surface area contributed by atoms with E-state index in [9.17, 15) is 9.59 Å². The van der Waals surface area contributed by atoms with Crippen molar-refractivity contribution in [1.82, 2.24) is 14.8 Å². The van der Waals surface area contributed by atoms with E-state index in [1.807, 2.05) is 22.9 Å². The molecule has 1 aromatic heterocycles. The molecule has 6 nitrogen and oxygen atoms in total. The van der Waals surface area contributed by atoms with E-state index >= 15 is 0 Å². The Morgan fingerprint density at radius 3 is 2.84 bits per heavy atom. The van der Waals surface area contributed by atoms with Crippen LogP contribution in [0.2, 0.25) is 0 Å². The molecule has 1 saturated carbocycles. The lowest BCUT2D eigenvalue weighted by Gasteiger charge is -2.34. The van der Waals surface area contributed by atoms with Gasteiger partial charge in [-0.2, -0.15) is 0 Å². The maximum Gasteiger partial charge on any atom is 0.271 e. The van der Waals surface area contributed by atoms with E-state index < -0.39 is 11.9 Å². The van der Waals surface area contributed by atoms with Crippen LogP contribution >= 0.6 is 0 Å². The van der Waals surface area contributed by atoms with E-state index in [1.54, 1.807) is 4.90 Å². The molecule has 6 heteroatoms. The lowest BCUT2D eigenvalue weighted by Crippen LogP contribution is -2.58. The van der Waals surface area contributed by atoms with Crippen molar-refractivity contribution >= 4 is 11.8 Å². The third-order valence-corrected chi connectivity index (χ3v) is 3.77. The second-order valence-corrected chi connectivity index (χ2v) is 5.15. The van der Waals surface area contributed by atoms with Gasteiger partial charge in [-0.1, -0.05) is 0 Å². The first-order chi connectivity index (χ1) is 9.18. The van der Waals surface area contributed by atoms with Gasteiger partial charge in [0.25, 0.3) is 5.91 Å². The predicted molar refractivity (Wildman–Crippen MR) is 69.6 cm³/mol. The molecule has 1 aliphatic heterocycles. The molecule has 19 heavy (non-hydrogen) atoms. The number of hydrogen-bond donors (Lipinski definition) is 2. The molecular formula is C13H18N4O2. The zero-order valence-corrected chi connectivity index (χ0v) is 10.7. The van der Waals surface area contributed by atoms with Crippen molar-refractivity contribution < 1.29 is 9.59 Å². The fraction of sp³-hybridized carbons (Fsp3) is 0.538. The minimum atomic E-state index is -0.552. The van der Waals surface area contributed by atoms with Crippen LogP contribution in [0.4, 0.5) is 0 Å². The third kappa shape index (κ3) is 2.23. The number of nitrogens with two attached hydrogens (primary N) is 1. The smallest absolute Gasteiger partial charge is 0.271 e. The summed E-state index contributed by atoms with van der Waals surface area (Å²) in [5.74, 6) is -0.549. The van der Waals surface area contributed by atoms with Crippen LogP contribution in [0.25, 0.3) is 0 Å². The van der Waals surface area contributed by atoms with Crippen LogP contribution in [0.15, 0.2) is 18.3 Å². The Balaban J connectivity index is 1.85. The Bertz CT molecular complexity index is 506. The van der Waals surface area contributed by atoms with Gasteiger partial charge in [-0.25, -0.2) is 0 Å². The molecule has 2 fully saturated rings. The van der Waals surface area contributed by atoms with Crippen molar-refractivity contribution in [2.45, 2.75) is 24.9 Å². The number of piperazine rings is 1. The maximum absolute atomic E-state index is 12.6. The average Bonchev–Trinajstić information content (AvgIpc) is 3.15. The normalized spacial score (nSPS) is 23.4. The number of hydrogen-bond acceptors (Lipinski definition) is 3. The van der Waals surface area contributed by atoms with Crippen molar-refractivity contribution in [1.29, 1.82) is 0 Å². The monoisotopic (exact) mass is 262 g/mol. The topological polar surface area (TPSA) is 80.4 Å². The van der Waals surface area contributed by atoms with Gasteiger partial charge in [0.1, 0.15) is 11.7 Å². The summed E-state index contributed by atoms with van der Waals surface area (Å²) in [6, 6.07) is 3.60. The summed E-state index contributed by atoms with van der Waals surface area (Å²) >= 11 is 0. The molecule has 0 aromatic carbocycles. The minimum absolute atomic E-state index is 0.0952. The summed E-state index contributed by atoms with van der Waals surface area (Å²) < 4.78 is 2.02. The molecule has 1 saturated heterocycles. The van der Waals surface area contributed by atoms with Crippen molar-refractivity contribution in [2.75, 3.05) is 19.6 Å². The SMILES string of the molecule is NC(=O)C1CNCCN1C(=O)c1cccn1C1CC1. The summed E-state index contributed by atoms with van der Waals surface area (Å²) in [6.45, 7) is 1.65. The van der Waals surface area contributed by atoms with Gasteiger partial charge in [0.05, 0.1) is 0 Å². The number of nitrogens with one attached hydrogen (secondary N) is 1. The van der Waals surface area contributed by atoms with Gasteiger partial charge in [-0.15, -0.1) is 0 Å². The number of primary amides is 1. The van der Waals surface area contributed by atoms with Gasteiger partial charge in [0.15, 0.2) is 0 Å². The van der Waals surface area contributed by atoms with Crippen LogP contribution in [-0.4, -0.2) is 47.0 Å². The van der Waals surface area contributed by atoms with Crippen LogP contribution < -0.4 is 11.1 Å². The first-order valence-corrected chi connectivity index (χ1v) is 6.66. The number of nitrogens with zero attached hydrogens (tertiary/aromatic N) is 2. The van der Waals surface area contributed by atoms with Crippen molar-refractivity contribution in [2.24, 2.45) is 5.73 Å². The van der Waals surface area contributed by atoms with Gasteiger partial charge < -0.3 is 20.5 Å². The highest BCUT2D eigenvalue weighted by atomic mass is 16.2. The number of carbonyl (C=O) groups excluding carboxylic acids is 2. The molecule has 0 spiro atoms. The molecule has 2 amide bonds. The number of rotatable bonds is 3. The van der Waals surface area contributed by atoms with E-state index in [2.05, 4.69) is 5.32 Å². The second-order valence-electron chi connectivity index (χ2n) is 5.15. The molecule has 3 N–H and O–H groups in total. The summed E-state index contributed by atoms with van der Waals surface area (Å²) in [6.07, 6.45) is 4.18. The molecule has 1 aromatic rings. The number of carbonyl (C=O) groups is 2. The lowest BCUT2D eigenvalue weighted by atomic mass is 10.1. The first-order valence-electron chi connectivity index (χ1n) is 6.66. The molecule has 102 valence electrons. The number of aromatic nitrogens is 1. The molecule has 0 bridgehead atoms. The van der Waals surface area contributed by atoms with E-state index in [-0.39, 0.29) is 5.91 Å². The third-order valence-electron chi connectivity index (χ3n) is 3.77. The highest BCUT2D eigenvalue weighted by Crippen LogP contribution is 2.36. The molecule has 1 unspecified atom stereocenters. The van der Waals surface area contributed by atoms with Crippen LogP contribution in [0, 0.1) is 0 Å². The van der Waals surface area contributed by atoms with Crippen molar-refractivity contribution in [3.8, 4) is 0 Å². The fourth-order valence-electron chi connectivity index (χ4n) is 2.59. The first kappa shape index (κ1) is 12.2. The van der Waals surface area contributed by atoms with Crippen molar-refractivity contribution in [3.63, 3.8) is 0 Å². The Morgan fingerprint density at radius 1 is 1.37 bits per heavy atom. The van der Waals surface area contributed by atoms with Gasteiger partial charge >= 0.3 is 0 Å². The Hall–Kier alpha value is -1.82. The van der Waals surface area contributed by atoms with Crippen molar-refractivity contribution in [3.05, 3.63) is 24.0 Å². The standard InChI is InChI=1S/C13H18N4O2/c14-12(18)11-8-15-5-7-17(11)13(19)10-2-1-6-16(10)9-3-4-9/h1-2,6,9,11,15H,3-5,7-8H2,(H2,14,18). The van der Waals surface area contributed by atoms with Gasteiger partial charge in [-0.3, -0.25) is 9.59 Å². The largest absolute Gasteiger partial charge is 0.368 e. The lowest BCUT2D eigenvalue weighted by molar-refractivity contribution is -0.122. The zero-order valence-electron chi connectivity index (χ0n) is 10.7. The minimum Gasteiger partial charge on any atom is -0.368 e. The van der Waals surface area contributed by atoms with Gasteiger partial charge in [0.2, 0.25) is 5.91 Å². The van der Waals surface area contributed by atoms with Crippen LogP contribution in [0.5, 0.6) is 0 Å². The molecular weight excluding hydrogens is 244 g/mol. The molecule has 2 heterocycles. The van der Waals surface area contributed by atoms with Crippen LogP contribution in [0.1, 0.15) is 29.4 Å². The summed E-state index contributed by atoms with van der Waals surface area (Å²) in [5.41, 5.74) is 6.04. The van der Waals surface area contributed by atoms with E-state index in [1.165, 1.54) is 0 Å². The molecule has 3 rings (SSSR count). The predicted octanol–water partition coefficient (Wildman–Crippen LogP) is -0.278. The zero-order chi connectivity index (χ0) is 13.4. The summed E-state index contributed by atoms with van der Waals surface area (Å²) in [4.78, 5) is 25.6. The van der Waals surface area contributed by atoms with E-state index in [0.717, 1.165) is 12.8 Å². The summed E-state index contributed by atoms with van der Waals surface area (Å²) in [5, 5.41) is 3.09. The van der Waals surface area contributed by atoms with E-state index in [4.69, 9.17) is 5.73 Å².